The van der Waals surface area contributed by atoms with E-state index in [1.165, 1.54) is 28.5 Å². The van der Waals surface area contributed by atoms with E-state index >= 15 is 0 Å². The zero-order valence-corrected chi connectivity index (χ0v) is 16.4. The lowest BCUT2D eigenvalue weighted by molar-refractivity contribution is 0.241. The molecule has 0 amide bonds. The number of hydrogen-bond acceptors (Lipinski definition) is 3. The first-order valence-electron chi connectivity index (χ1n) is 10.1. The summed E-state index contributed by atoms with van der Waals surface area (Å²) in [4.78, 5) is 7.36. The summed E-state index contributed by atoms with van der Waals surface area (Å²) >= 11 is 0. The summed E-state index contributed by atoms with van der Waals surface area (Å²) in [5.74, 6) is 0.558. The van der Waals surface area contributed by atoms with Gasteiger partial charge in [0.05, 0.1) is 11.6 Å². The molecule has 1 fully saturated rings. The first-order chi connectivity index (χ1) is 13.2. The van der Waals surface area contributed by atoms with Crippen LogP contribution in [0.5, 0.6) is 0 Å². The third-order valence-electron chi connectivity index (χ3n) is 5.59. The number of hydrogen-bond donors (Lipinski definition) is 1. The van der Waals surface area contributed by atoms with E-state index < -0.39 is 0 Å². The first kappa shape index (κ1) is 18.1. The van der Waals surface area contributed by atoms with Crippen LogP contribution in [0.4, 0.5) is 0 Å². The highest BCUT2D eigenvalue weighted by Gasteiger charge is 2.24. The van der Waals surface area contributed by atoms with E-state index in [-0.39, 0.29) is 6.04 Å². The van der Waals surface area contributed by atoms with E-state index in [0.29, 0.717) is 5.92 Å². The van der Waals surface area contributed by atoms with Crippen molar-refractivity contribution in [3.8, 4) is 0 Å². The van der Waals surface area contributed by atoms with Crippen LogP contribution in [0.2, 0.25) is 0 Å². The molecule has 2 heterocycles. The Morgan fingerprint density at radius 3 is 2.48 bits per heavy atom. The van der Waals surface area contributed by atoms with Gasteiger partial charge in [0.15, 0.2) is 0 Å². The van der Waals surface area contributed by atoms with Crippen molar-refractivity contribution in [1.29, 1.82) is 0 Å². The number of pyridine rings is 1. The zero-order valence-electron chi connectivity index (χ0n) is 16.4. The molecule has 1 saturated heterocycles. The lowest BCUT2D eigenvalue weighted by Crippen LogP contribution is -2.33. The van der Waals surface area contributed by atoms with Gasteiger partial charge in [-0.2, -0.15) is 0 Å². The largest absolute Gasteiger partial charge is 0.315 e. The number of nitrogens with one attached hydrogen (secondary N) is 1. The van der Waals surface area contributed by atoms with Crippen LogP contribution < -0.4 is 5.32 Å². The number of para-hydroxylation sites is 1. The van der Waals surface area contributed by atoms with Gasteiger partial charge < -0.3 is 5.32 Å². The van der Waals surface area contributed by atoms with Gasteiger partial charge in [-0.15, -0.1) is 0 Å². The van der Waals surface area contributed by atoms with Crippen LogP contribution in [0.1, 0.15) is 48.9 Å². The van der Waals surface area contributed by atoms with Crippen molar-refractivity contribution < 1.29 is 0 Å². The van der Waals surface area contributed by atoms with Gasteiger partial charge in [-0.1, -0.05) is 56.3 Å². The second kappa shape index (κ2) is 8.20. The minimum absolute atomic E-state index is 0.253. The summed E-state index contributed by atoms with van der Waals surface area (Å²) in [6.07, 6.45) is 3.25. The Bertz CT molecular complexity index is 878. The highest BCUT2D eigenvalue weighted by atomic mass is 15.2. The number of rotatable bonds is 4. The SMILES string of the molecule is CC(C)c1ccc(C(c2cnc3ccccc3c2)N2CCCNCC2)cc1. The molecule has 1 atom stereocenters. The molecule has 0 radical (unpaired) electrons. The molecule has 0 saturated carbocycles. The Labute approximate surface area is 162 Å². The van der Waals surface area contributed by atoms with Gasteiger partial charge in [0.1, 0.15) is 0 Å². The summed E-state index contributed by atoms with van der Waals surface area (Å²) in [6.45, 7) is 8.81. The smallest absolute Gasteiger partial charge is 0.0702 e. The van der Waals surface area contributed by atoms with Crippen LogP contribution in [-0.4, -0.2) is 36.1 Å². The van der Waals surface area contributed by atoms with Crippen LogP contribution in [0, 0.1) is 0 Å². The fourth-order valence-electron chi connectivity index (χ4n) is 4.04. The van der Waals surface area contributed by atoms with Gasteiger partial charge in [-0.3, -0.25) is 9.88 Å². The van der Waals surface area contributed by atoms with E-state index in [0.717, 1.165) is 31.7 Å². The lowest BCUT2D eigenvalue weighted by atomic mass is 9.94. The molecule has 1 unspecified atom stereocenters. The molecule has 3 nitrogen and oxygen atoms in total. The topological polar surface area (TPSA) is 28.2 Å². The van der Waals surface area contributed by atoms with Crippen LogP contribution in [0.25, 0.3) is 10.9 Å². The Balaban J connectivity index is 1.76. The Morgan fingerprint density at radius 2 is 1.67 bits per heavy atom. The van der Waals surface area contributed by atoms with Crippen molar-refractivity contribution in [2.75, 3.05) is 26.2 Å². The third-order valence-corrected chi connectivity index (χ3v) is 5.59. The summed E-state index contributed by atoms with van der Waals surface area (Å²) in [7, 11) is 0. The van der Waals surface area contributed by atoms with Gasteiger partial charge in [-0.25, -0.2) is 0 Å². The summed E-state index contributed by atoms with van der Waals surface area (Å²) in [5, 5.41) is 4.75. The predicted octanol–water partition coefficient (Wildman–Crippen LogP) is 4.74. The highest BCUT2D eigenvalue weighted by Crippen LogP contribution is 2.31. The van der Waals surface area contributed by atoms with Crippen LogP contribution in [0.3, 0.4) is 0 Å². The molecule has 0 spiro atoms. The molecule has 4 rings (SSSR count). The number of benzene rings is 2. The standard InChI is InChI=1S/C24H29N3/c1-18(2)19-8-10-20(11-9-19)24(27-14-5-12-25-13-15-27)22-16-21-6-3-4-7-23(21)26-17-22/h3-4,6-11,16-18,24-25H,5,12-15H2,1-2H3. The van der Waals surface area contributed by atoms with E-state index in [1.807, 2.05) is 0 Å². The molecule has 2 aromatic carbocycles. The Kier molecular flexibility index (Phi) is 5.51. The molecular weight excluding hydrogens is 330 g/mol. The van der Waals surface area contributed by atoms with Crippen molar-refractivity contribution in [2.24, 2.45) is 0 Å². The van der Waals surface area contributed by atoms with Crippen molar-refractivity contribution in [3.05, 3.63) is 77.5 Å². The molecule has 1 aliphatic heterocycles. The maximum absolute atomic E-state index is 4.75. The number of aromatic nitrogens is 1. The monoisotopic (exact) mass is 359 g/mol. The fourth-order valence-corrected chi connectivity index (χ4v) is 4.04. The quantitative estimate of drug-likeness (QED) is 0.729. The van der Waals surface area contributed by atoms with E-state index in [1.54, 1.807) is 0 Å². The molecular formula is C24H29N3. The lowest BCUT2D eigenvalue weighted by Gasteiger charge is -2.31. The first-order valence-corrected chi connectivity index (χ1v) is 10.1. The second-order valence-electron chi connectivity index (χ2n) is 7.82. The van der Waals surface area contributed by atoms with Gasteiger partial charge in [0.2, 0.25) is 0 Å². The molecule has 1 aliphatic rings. The van der Waals surface area contributed by atoms with Crippen LogP contribution in [-0.2, 0) is 0 Å². The maximum Gasteiger partial charge on any atom is 0.0702 e. The summed E-state index contributed by atoms with van der Waals surface area (Å²) < 4.78 is 0. The van der Waals surface area contributed by atoms with Crippen molar-refractivity contribution >= 4 is 10.9 Å². The van der Waals surface area contributed by atoms with Gasteiger partial charge >= 0.3 is 0 Å². The van der Waals surface area contributed by atoms with Crippen LogP contribution in [0.15, 0.2) is 60.8 Å². The zero-order chi connectivity index (χ0) is 18.6. The molecule has 0 aliphatic carbocycles. The maximum atomic E-state index is 4.75. The van der Waals surface area contributed by atoms with Gasteiger partial charge in [0, 0.05) is 31.2 Å². The van der Waals surface area contributed by atoms with Gasteiger partial charge in [0.25, 0.3) is 0 Å². The normalized spacial score (nSPS) is 17.1. The third kappa shape index (κ3) is 4.05. The molecule has 27 heavy (non-hydrogen) atoms. The molecule has 1 N–H and O–H groups in total. The average molecular weight is 360 g/mol. The second-order valence-corrected chi connectivity index (χ2v) is 7.82. The van der Waals surface area contributed by atoms with Gasteiger partial charge in [-0.05, 0) is 47.7 Å². The Morgan fingerprint density at radius 1 is 0.889 bits per heavy atom. The minimum Gasteiger partial charge on any atom is -0.315 e. The fraction of sp³-hybridized carbons (Fsp3) is 0.375. The molecule has 0 bridgehead atoms. The summed E-state index contributed by atoms with van der Waals surface area (Å²) in [6, 6.07) is 20.2. The van der Waals surface area contributed by atoms with Crippen molar-refractivity contribution in [1.82, 2.24) is 15.2 Å². The summed E-state index contributed by atoms with van der Waals surface area (Å²) in [5.41, 5.74) is 5.10. The van der Waals surface area contributed by atoms with Crippen LogP contribution >= 0.6 is 0 Å². The molecule has 3 aromatic rings. The number of nitrogens with zero attached hydrogens (tertiary/aromatic N) is 2. The minimum atomic E-state index is 0.253. The van der Waals surface area contributed by atoms with Crippen molar-refractivity contribution in [3.63, 3.8) is 0 Å². The molecule has 3 heteroatoms. The molecule has 140 valence electrons. The van der Waals surface area contributed by atoms with Crippen molar-refractivity contribution in [2.45, 2.75) is 32.2 Å². The Hall–Kier alpha value is -2.23. The highest BCUT2D eigenvalue weighted by molar-refractivity contribution is 5.79. The van der Waals surface area contributed by atoms with E-state index in [4.69, 9.17) is 4.98 Å². The van der Waals surface area contributed by atoms with E-state index in [2.05, 4.69) is 84.9 Å². The van der Waals surface area contributed by atoms with E-state index in [9.17, 15) is 0 Å². The number of fused-ring (bicyclic) bond motifs is 1. The predicted molar refractivity (Wildman–Crippen MR) is 113 cm³/mol. The average Bonchev–Trinajstić information content (AvgIpc) is 2.98. The molecule has 1 aromatic heterocycles.